The number of hydrogen-bond acceptors (Lipinski definition) is 2. The number of amides is 1. The maximum absolute atomic E-state index is 11.5. The first-order valence-corrected chi connectivity index (χ1v) is 6.01. The number of benzene rings is 1. The molecule has 1 heterocycles. The molecule has 3 nitrogen and oxygen atoms in total. The van der Waals surface area contributed by atoms with Crippen LogP contribution in [0.15, 0.2) is 36.4 Å². The molecule has 0 radical (unpaired) electrons. The Hall–Kier alpha value is -2.03. The van der Waals surface area contributed by atoms with Crippen LogP contribution in [-0.4, -0.2) is 19.1 Å². The molecule has 0 saturated carbocycles. The molecular weight excluding hydrogens is 226 g/mol. The Labute approximate surface area is 107 Å². The van der Waals surface area contributed by atoms with Gasteiger partial charge in [0.05, 0.1) is 6.61 Å². The number of fused-ring (bicyclic) bond motifs is 1. The van der Waals surface area contributed by atoms with Crippen molar-refractivity contribution in [3.8, 4) is 5.75 Å². The van der Waals surface area contributed by atoms with Crippen LogP contribution in [-0.2, 0) is 11.2 Å². The summed E-state index contributed by atoms with van der Waals surface area (Å²) in [4.78, 5) is 11.5. The Bertz CT molecular complexity index is 503. The van der Waals surface area contributed by atoms with Crippen LogP contribution in [0.1, 0.15) is 18.1 Å². The molecule has 0 bridgehead atoms. The first-order valence-electron chi connectivity index (χ1n) is 6.01. The summed E-state index contributed by atoms with van der Waals surface area (Å²) in [5.41, 5.74) is 3.16. The molecule has 0 saturated heterocycles. The van der Waals surface area contributed by atoms with Crippen molar-refractivity contribution >= 4 is 12.0 Å². The first kappa shape index (κ1) is 12.4. The van der Waals surface area contributed by atoms with Gasteiger partial charge in [0.15, 0.2) is 0 Å². The smallest absolute Gasteiger partial charge is 0.244 e. The van der Waals surface area contributed by atoms with E-state index in [0.29, 0.717) is 6.54 Å². The predicted octanol–water partition coefficient (Wildman–Crippen LogP) is 2.33. The van der Waals surface area contributed by atoms with Crippen LogP contribution >= 0.6 is 0 Å². The SMILES string of the molecule is C=C(C)CNC(=O)/C=C/c1ccc2c(c1)CCO2. The zero-order valence-corrected chi connectivity index (χ0v) is 10.5. The molecule has 1 aliphatic rings. The number of ether oxygens (including phenoxy) is 1. The highest BCUT2D eigenvalue weighted by Gasteiger charge is 2.10. The van der Waals surface area contributed by atoms with Crippen molar-refractivity contribution in [2.24, 2.45) is 0 Å². The second-order valence-electron chi connectivity index (χ2n) is 4.47. The fourth-order valence-corrected chi connectivity index (χ4v) is 1.78. The molecule has 0 atom stereocenters. The van der Waals surface area contributed by atoms with Crippen LogP contribution in [0.5, 0.6) is 5.75 Å². The van der Waals surface area contributed by atoms with Crippen LogP contribution in [0.2, 0.25) is 0 Å². The van der Waals surface area contributed by atoms with Crippen molar-refractivity contribution in [3.05, 3.63) is 47.6 Å². The van der Waals surface area contributed by atoms with Crippen LogP contribution in [0, 0.1) is 0 Å². The molecule has 0 aliphatic carbocycles. The summed E-state index contributed by atoms with van der Waals surface area (Å²) in [7, 11) is 0. The fraction of sp³-hybridized carbons (Fsp3) is 0.267. The molecule has 1 aromatic rings. The molecule has 1 N–H and O–H groups in total. The summed E-state index contributed by atoms with van der Waals surface area (Å²) in [6.07, 6.45) is 4.30. The normalized spacial score (nSPS) is 13.2. The summed E-state index contributed by atoms with van der Waals surface area (Å²) in [5, 5.41) is 2.75. The van der Waals surface area contributed by atoms with Gasteiger partial charge in [-0.15, -0.1) is 0 Å². The van der Waals surface area contributed by atoms with Gasteiger partial charge in [-0.05, 0) is 36.3 Å². The summed E-state index contributed by atoms with van der Waals surface area (Å²) < 4.78 is 5.43. The van der Waals surface area contributed by atoms with E-state index in [9.17, 15) is 4.79 Å². The van der Waals surface area contributed by atoms with Crippen molar-refractivity contribution in [3.63, 3.8) is 0 Å². The van der Waals surface area contributed by atoms with Gasteiger partial charge in [0.2, 0.25) is 5.91 Å². The fourth-order valence-electron chi connectivity index (χ4n) is 1.78. The largest absolute Gasteiger partial charge is 0.493 e. The predicted molar refractivity (Wildman–Crippen MR) is 72.5 cm³/mol. The summed E-state index contributed by atoms with van der Waals surface area (Å²) in [6, 6.07) is 5.96. The molecule has 1 aromatic carbocycles. The van der Waals surface area contributed by atoms with Gasteiger partial charge in [0.25, 0.3) is 0 Å². The Balaban J connectivity index is 1.96. The number of carbonyl (C=O) groups excluding carboxylic acids is 1. The Morgan fingerprint density at radius 1 is 1.56 bits per heavy atom. The van der Waals surface area contributed by atoms with E-state index in [4.69, 9.17) is 4.74 Å². The van der Waals surface area contributed by atoms with Crippen molar-refractivity contribution < 1.29 is 9.53 Å². The van der Waals surface area contributed by atoms with E-state index in [1.165, 1.54) is 5.56 Å². The molecule has 0 unspecified atom stereocenters. The monoisotopic (exact) mass is 243 g/mol. The summed E-state index contributed by atoms with van der Waals surface area (Å²) in [5.74, 6) is 0.855. The minimum atomic E-state index is -0.102. The van der Waals surface area contributed by atoms with E-state index in [2.05, 4.69) is 18.0 Å². The third kappa shape index (κ3) is 3.23. The van der Waals surface area contributed by atoms with Crippen molar-refractivity contribution in [1.29, 1.82) is 0 Å². The van der Waals surface area contributed by atoms with Gasteiger partial charge in [0.1, 0.15) is 5.75 Å². The van der Waals surface area contributed by atoms with Crippen LogP contribution < -0.4 is 10.1 Å². The molecule has 2 rings (SSSR count). The molecule has 3 heteroatoms. The highest BCUT2D eigenvalue weighted by atomic mass is 16.5. The Kier molecular flexibility index (Phi) is 3.82. The lowest BCUT2D eigenvalue weighted by atomic mass is 10.1. The minimum absolute atomic E-state index is 0.102. The van der Waals surface area contributed by atoms with Gasteiger partial charge in [-0.25, -0.2) is 0 Å². The van der Waals surface area contributed by atoms with Gasteiger partial charge in [0, 0.05) is 19.0 Å². The van der Waals surface area contributed by atoms with Gasteiger partial charge in [-0.3, -0.25) is 4.79 Å². The maximum Gasteiger partial charge on any atom is 0.244 e. The summed E-state index contributed by atoms with van der Waals surface area (Å²) in [6.45, 7) is 6.88. The Morgan fingerprint density at radius 3 is 3.17 bits per heavy atom. The molecule has 1 aliphatic heterocycles. The molecule has 1 amide bonds. The number of carbonyl (C=O) groups is 1. The molecule has 18 heavy (non-hydrogen) atoms. The molecular formula is C15H17NO2. The van der Waals surface area contributed by atoms with E-state index in [1.807, 2.05) is 25.1 Å². The number of hydrogen-bond donors (Lipinski definition) is 1. The average molecular weight is 243 g/mol. The topological polar surface area (TPSA) is 38.3 Å². The molecule has 0 fully saturated rings. The van der Waals surface area contributed by atoms with Crippen molar-refractivity contribution in [2.75, 3.05) is 13.2 Å². The van der Waals surface area contributed by atoms with Crippen molar-refractivity contribution in [1.82, 2.24) is 5.32 Å². The quantitative estimate of drug-likeness (QED) is 0.651. The third-order valence-corrected chi connectivity index (χ3v) is 2.71. The summed E-state index contributed by atoms with van der Waals surface area (Å²) >= 11 is 0. The highest BCUT2D eigenvalue weighted by Crippen LogP contribution is 2.26. The zero-order valence-electron chi connectivity index (χ0n) is 10.5. The molecule has 94 valence electrons. The van der Waals surface area contributed by atoms with Crippen LogP contribution in [0.25, 0.3) is 6.08 Å². The molecule has 0 spiro atoms. The van der Waals surface area contributed by atoms with E-state index < -0.39 is 0 Å². The van der Waals surface area contributed by atoms with Gasteiger partial charge < -0.3 is 10.1 Å². The third-order valence-electron chi connectivity index (χ3n) is 2.71. The average Bonchev–Trinajstić information content (AvgIpc) is 2.81. The van der Waals surface area contributed by atoms with Crippen LogP contribution in [0.3, 0.4) is 0 Å². The van der Waals surface area contributed by atoms with Gasteiger partial charge in [-0.1, -0.05) is 18.2 Å². The van der Waals surface area contributed by atoms with E-state index in [1.54, 1.807) is 6.08 Å². The van der Waals surface area contributed by atoms with E-state index in [-0.39, 0.29) is 5.91 Å². The second kappa shape index (κ2) is 5.54. The van der Waals surface area contributed by atoms with Crippen LogP contribution in [0.4, 0.5) is 0 Å². The van der Waals surface area contributed by atoms with Gasteiger partial charge in [-0.2, -0.15) is 0 Å². The number of nitrogens with one attached hydrogen (secondary N) is 1. The second-order valence-corrected chi connectivity index (χ2v) is 4.47. The highest BCUT2D eigenvalue weighted by molar-refractivity contribution is 5.91. The lowest BCUT2D eigenvalue weighted by molar-refractivity contribution is -0.116. The standard InChI is InChI=1S/C15H17NO2/c1-11(2)10-16-15(17)6-4-12-3-5-14-13(9-12)7-8-18-14/h3-6,9H,1,7-8,10H2,2H3,(H,16,17)/b6-4+. The first-order chi connectivity index (χ1) is 8.65. The number of rotatable bonds is 4. The minimum Gasteiger partial charge on any atom is -0.493 e. The zero-order chi connectivity index (χ0) is 13.0. The lowest BCUT2D eigenvalue weighted by Gasteiger charge is -2.01. The Morgan fingerprint density at radius 2 is 2.39 bits per heavy atom. The van der Waals surface area contributed by atoms with E-state index >= 15 is 0 Å². The maximum atomic E-state index is 11.5. The lowest BCUT2D eigenvalue weighted by Crippen LogP contribution is -2.22. The van der Waals surface area contributed by atoms with E-state index in [0.717, 1.165) is 29.9 Å². The molecule has 0 aromatic heterocycles. The van der Waals surface area contributed by atoms with Crippen molar-refractivity contribution in [2.45, 2.75) is 13.3 Å². The van der Waals surface area contributed by atoms with Gasteiger partial charge >= 0.3 is 0 Å².